The number of hydrogen-bond donors (Lipinski definition) is 0. The Morgan fingerprint density at radius 1 is 1.50 bits per heavy atom. The molecule has 1 aromatic heterocycles. The fraction of sp³-hybridized carbons (Fsp3) is 0.125. The van der Waals surface area contributed by atoms with Crippen molar-refractivity contribution >= 4 is 11.9 Å². The van der Waals surface area contributed by atoms with E-state index in [0.29, 0.717) is 5.56 Å². The third kappa shape index (κ3) is 2.44. The predicted molar refractivity (Wildman–Crippen MR) is 47.7 cm³/mol. The molecule has 0 aliphatic heterocycles. The van der Waals surface area contributed by atoms with Crippen molar-refractivity contribution in [2.75, 3.05) is 0 Å². The van der Waals surface area contributed by atoms with Gasteiger partial charge in [-0.25, -0.2) is 9.97 Å². The number of nitro groups is 1. The molecular weight excluding hydrogens is 186 g/mol. The van der Waals surface area contributed by atoms with Crippen LogP contribution in [0.1, 0.15) is 12.5 Å². The van der Waals surface area contributed by atoms with E-state index in [4.69, 9.17) is 0 Å². The molecule has 0 spiro atoms. The highest BCUT2D eigenvalue weighted by Gasteiger charge is 2.16. The van der Waals surface area contributed by atoms with Gasteiger partial charge in [-0.1, -0.05) is 0 Å². The Morgan fingerprint density at radius 3 is 2.50 bits per heavy atom. The van der Waals surface area contributed by atoms with Crippen molar-refractivity contribution < 1.29 is 9.72 Å². The summed E-state index contributed by atoms with van der Waals surface area (Å²) in [4.78, 5) is 27.9. The van der Waals surface area contributed by atoms with Gasteiger partial charge >= 0.3 is 5.70 Å². The van der Waals surface area contributed by atoms with Crippen LogP contribution in [0, 0.1) is 10.1 Å². The van der Waals surface area contributed by atoms with Crippen LogP contribution in [0.4, 0.5) is 0 Å². The minimum absolute atomic E-state index is 0.425. The molecule has 0 aliphatic rings. The first-order chi connectivity index (χ1) is 6.61. The van der Waals surface area contributed by atoms with Crippen LogP contribution in [0.5, 0.6) is 0 Å². The summed E-state index contributed by atoms with van der Waals surface area (Å²) in [5, 5.41) is 10.4. The molecule has 0 aromatic carbocycles. The predicted octanol–water partition coefficient (Wildman–Crippen LogP) is 0.683. The van der Waals surface area contributed by atoms with Crippen LogP contribution in [0.3, 0.4) is 0 Å². The van der Waals surface area contributed by atoms with Gasteiger partial charge in [0.05, 0.1) is 4.92 Å². The number of hydrogen-bond acceptors (Lipinski definition) is 5. The number of carbonyl (C=O) groups is 1. The molecule has 0 bridgehead atoms. The van der Waals surface area contributed by atoms with Crippen molar-refractivity contribution in [1.82, 2.24) is 9.97 Å². The Balaban J connectivity index is 3.06. The quantitative estimate of drug-likeness (QED) is 0.400. The smallest absolute Gasteiger partial charge is 0.288 e. The van der Waals surface area contributed by atoms with Crippen molar-refractivity contribution in [3.8, 4) is 0 Å². The first kappa shape index (κ1) is 9.97. The van der Waals surface area contributed by atoms with Crippen molar-refractivity contribution in [3.63, 3.8) is 0 Å². The fourth-order valence-corrected chi connectivity index (χ4v) is 0.826. The summed E-state index contributed by atoms with van der Waals surface area (Å²) in [6.45, 7) is 1.14. The molecule has 0 aliphatic carbocycles. The van der Waals surface area contributed by atoms with E-state index in [1.807, 2.05) is 0 Å². The maximum absolute atomic E-state index is 10.8. The zero-order valence-electron chi connectivity index (χ0n) is 7.38. The number of nitrogens with zero attached hydrogens (tertiary/aromatic N) is 3. The van der Waals surface area contributed by atoms with Gasteiger partial charge in [0, 0.05) is 31.0 Å². The molecule has 0 unspecified atom stereocenters. The molecule has 14 heavy (non-hydrogen) atoms. The molecule has 0 atom stereocenters. The minimum Gasteiger partial charge on any atom is -0.288 e. The Kier molecular flexibility index (Phi) is 3.01. The molecule has 6 nitrogen and oxygen atoms in total. The molecule has 1 aromatic rings. The number of carbonyl (C=O) groups excluding carboxylic acids is 1. The zero-order chi connectivity index (χ0) is 10.6. The summed E-state index contributed by atoms with van der Waals surface area (Å²) in [5.74, 6) is -0.598. The second-order valence-corrected chi connectivity index (χ2v) is 2.51. The first-order valence-electron chi connectivity index (χ1n) is 3.73. The Bertz CT molecular complexity index is 370. The van der Waals surface area contributed by atoms with Gasteiger partial charge in [-0.15, -0.1) is 0 Å². The summed E-state index contributed by atoms with van der Waals surface area (Å²) in [7, 11) is 0. The monoisotopic (exact) mass is 193 g/mol. The number of aromatic nitrogens is 2. The van der Waals surface area contributed by atoms with Crippen molar-refractivity contribution in [1.29, 1.82) is 0 Å². The molecular formula is C8H7N3O3. The van der Waals surface area contributed by atoms with Crippen molar-refractivity contribution in [2.45, 2.75) is 6.92 Å². The molecule has 0 radical (unpaired) electrons. The van der Waals surface area contributed by atoms with E-state index in [1.165, 1.54) is 18.7 Å². The van der Waals surface area contributed by atoms with Crippen molar-refractivity contribution in [3.05, 3.63) is 40.1 Å². The van der Waals surface area contributed by atoms with Gasteiger partial charge in [-0.3, -0.25) is 14.9 Å². The highest BCUT2D eigenvalue weighted by molar-refractivity contribution is 5.95. The van der Waals surface area contributed by atoms with Crippen LogP contribution >= 0.6 is 0 Å². The standard InChI is InChI=1S/C8H7N3O3/c1-6(12)8(11(13)14)2-7-3-9-5-10-4-7/h2-5H,1H3/b8-2+. The fourth-order valence-electron chi connectivity index (χ4n) is 0.826. The van der Waals surface area contributed by atoms with Gasteiger partial charge in [-0.05, 0) is 0 Å². The lowest BCUT2D eigenvalue weighted by Gasteiger charge is -1.92. The molecule has 1 heterocycles. The Labute approximate surface area is 79.5 Å². The van der Waals surface area contributed by atoms with Crippen LogP contribution in [0.25, 0.3) is 6.08 Å². The van der Waals surface area contributed by atoms with Gasteiger partial charge in [-0.2, -0.15) is 0 Å². The third-order valence-corrected chi connectivity index (χ3v) is 1.44. The van der Waals surface area contributed by atoms with Gasteiger partial charge in [0.1, 0.15) is 6.33 Å². The second-order valence-electron chi connectivity index (χ2n) is 2.51. The largest absolute Gasteiger partial charge is 0.312 e. The van der Waals surface area contributed by atoms with E-state index >= 15 is 0 Å². The van der Waals surface area contributed by atoms with Crippen LogP contribution < -0.4 is 0 Å². The second kappa shape index (κ2) is 4.22. The molecule has 0 fully saturated rings. The van der Waals surface area contributed by atoms with E-state index in [2.05, 4.69) is 9.97 Å². The topological polar surface area (TPSA) is 86.0 Å². The number of ketones is 1. The van der Waals surface area contributed by atoms with Gasteiger partial charge in [0.2, 0.25) is 5.78 Å². The van der Waals surface area contributed by atoms with E-state index in [-0.39, 0.29) is 0 Å². The van der Waals surface area contributed by atoms with Crippen LogP contribution in [0.15, 0.2) is 24.4 Å². The van der Waals surface area contributed by atoms with Gasteiger partial charge in [0.25, 0.3) is 0 Å². The highest BCUT2D eigenvalue weighted by Crippen LogP contribution is 2.05. The highest BCUT2D eigenvalue weighted by atomic mass is 16.6. The van der Waals surface area contributed by atoms with E-state index in [0.717, 1.165) is 13.0 Å². The maximum Gasteiger partial charge on any atom is 0.312 e. The summed E-state index contributed by atoms with van der Waals surface area (Å²) in [6.07, 6.45) is 5.22. The molecule has 6 heteroatoms. The normalized spacial score (nSPS) is 11.1. The van der Waals surface area contributed by atoms with Crippen LogP contribution in [-0.2, 0) is 4.79 Å². The summed E-state index contributed by atoms with van der Waals surface area (Å²) >= 11 is 0. The number of allylic oxidation sites excluding steroid dienone is 1. The molecule has 1 rings (SSSR count). The first-order valence-corrected chi connectivity index (χ1v) is 3.73. The zero-order valence-corrected chi connectivity index (χ0v) is 7.38. The minimum atomic E-state index is -0.727. The van der Waals surface area contributed by atoms with E-state index < -0.39 is 16.4 Å². The summed E-state index contributed by atoms with van der Waals surface area (Å²) in [6, 6.07) is 0. The average Bonchev–Trinajstić information content (AvgIpc) is 2.15. The molecule has 0 N–H and O–H groups in total. The van der Waals surface area contributed by atoms with E-state index in [9.17, 15) is 14.9 Å². The molecule has 72 valence electrons. The van der Waals surface area contributed by atoms with E-state index in [1.54, 1.807) is 0 Å². The van der Waals surface area contributed by atoms with Crippen LogP contribution in [-0.4, -0.2) is 20.7 Å². The molecule has 0 saturated carbocycles. The lowest BCUT2D eigenvalue weighted by molar-refractivity contribution is -0.417. The summed E-state index contributed by atoms with van der Waals surface area (Å²) in [5.41, 5.74) is -0.0470. The lowest BCUT2D eigenvalue weighted by Crippen LogP contribution is -2.07. The van der Waals surface area contributed by atoms with Crippen LogP contribution in [0.2, 0.25) is 0 Å². The average molecular weight is 193 g/mol. The number of rotatable bonds is 3. The van der Waals surface area contributed by atoms with Gasteiger partial charge < -0.3 is 0 Å². The van der Waals surface area contributed by atoms with Gasteiger partial charge in [0.15, 0.2) is 0 Å². The molecule has 0 amide bonds. The SMILES string of the molecule is CC(=O)/C(=C\c1cncnc1)[N+](=O)[O-]. The Morgan fingerprint density at radius 2 is 2.07 bits per heavy atom. The summed E-state index contributed by atoms with van der Waals surface area (Å²) < 4.78 is 0. The lowest BCUT2D eigenvalue weighted by atomic mass is 10.2. The maximum atomic E-state index is 10.8. The Hall–Kier alpha value is -2.11. The number of Topliss-reactive ketones (excluding diaryl/α,β-unsaturated/α-hetero) is 1. The molecule has 0 saturated heterocycles. The van der Waals surface area contributed by atoms with Crippen molar-refractivity contribution in [2.24, 2.45) is 0 Å². The third-order valence-electron chi connectivity index (χ3n) is 1.44.